The molecule has 2 heterocycles. The van der Waals surface area contributed by atoms with E-state index in [0.717, 1.165) is 11.0 Å². The fourth-order valence-corrected chi connectivity index (χ4v) is 2.56. The number of imide groups is 1. The summed E-state index contributed by atoms with van der Waals surface area (Å²) in [6, 6.07) is 2.18. The number of urea groups is 1. The topological polar surface area (TPSA) is 73.7 Å². The Morgan fingerprint density at radius 1 is 1.08 bits per heavy atom. The Bertz CT molecular complexity index is 860. The second-order valence-corrected chi connectivity index (χ2v) is 5.36. The van der Waals surface area contributed by atoms with Crippen molar-refractivity contribution in [2.75, 3.05) is 11.4 Å². The van der Waals surface area contributed by atoms with Gasteiger partial charge in [-0.1, -0.05) is 0 Å². The summed E-state index contributed by atoms with van der Waals surface area (Å²) in [5.74, 6) is -5.55. The average Bonchev–Trinajstić information content (AvgIpc) is 2.88. The number of rotatable bonds is 4. The molecule has 0 spiro atoms. The summed E-state index contributed by atoms with van der Waals surface area (Å²) in [6.07, 6.45) is 2.88. The molecule has 0 aliphatic carbocycles. The highest BCUT2D eigenvalue weighted by molar-refractivity contribution is 6.19. The van der Waals surface area contributed by atoms with Crippen LogP contribution >= 0.6 is 0 Å². The molecule has 0 unspecified atom stereocenters. The van der Waals surface area contributed by atoms with Crippen LogP contribution in [0.15, 0.2) is 30.6 Å². The summed E-state index contributed by atoms with van der Waals surface area (Å²) in [6.45, 7) is -0.685. The predicted octanol–water partition coefficient (Wildman–Crippen LogP) is 1.96. The number of anilines is 1. The van der Waals surface area contributed by atoms with Crippen molar-refractivity contribution >= 4 is 17.6 Å². The Hall–Kier alpha value is -2.94. The summed E-state index contributed by atoms with van der Waals surface area (Å²) in [5.41, 5.74) is 0.389. The molecule has 1 aromatic carbocycles. The lowest BCUT2D eigenvalue weighted by atomic mass is 10.1. The van der Waals surface area contributed by atoms with E-state index in [0.29, 0.717) is 22.1 Å². The molecule has 1 aliphatic rings. The lowest BCUT2D eigenvalue weighted by molar-refractivity contribution is -0.116. The van der Waals surface area contributed by atoms with E-state index < -0.39 is 35.1 Å². The van der Waals surface area contributed by atoms with Crippen molar-refractivity contribution in [2.24, 2.45) is 0 Å². The lowest BCUT2D eigenvalue weighted by Gasteiger charge is -2.18. The molecule has 25 heavy (non-hydrogen) atoms. The quantitative estimate of drug-likeness (QED) is 0.675. The number of carbonyl (C=O) groups excluding carboxylic acids is 2. The monoisotopic (exact) mass is 351 g/mol. The van der Waals surface area contributed by atoms with Gasteiger partial charge in [-0.05, 0) is 23.8 Å². The fraction of sp³-hybridized carbons (Fsp3) is 0.188. The van der Waals surface area contributed by atoms with E-state index in [-0.39, 0.29) is 19.7 Å². The number of pyridine rings is 1. The fourth-order valence-electron chi connectivity index (χ4n) is 2.56. The lowest BCUT2D eigenvalue weighted by Crippen LogP contribution is -2.33. The molecule has 1 N–H and O–H groups in total. The maximum absolute atomic E-state index is 13.9. The van der Waals surface area contributed by atoms with Crippen LogP contribution in [0.5, 0.6) is 0 Å². The molecule has 1 saturated heterocycles. The molecule has 1 aliphatic heterocycles. The first-order valence-electron chi connectivity index (χ1n) is 7.22. The molecule has 0 atom stereocenters. The minimum atomic E-state index is -1.76. The van der Waals surface area contributed by atoms with Crippen molar-refractivity contribution in [1.29, 1.82) is 0 Å². The Kier molecular flexibility index (Phi) is 4.41. The normalized spacial score (nSPS) is 14.6. The van der Waals surface area contributed by atoms with Crippen molar-refractivity contribution in [3.8, 4) is 0 Å². The zero-order valence-corrected chi connectivity index (χ0v) is 12.7. The number of carbonyl (C=O) groups is 2. The number of aromatic nitrogens is 1. The van der Waals surface area contributed by atoms with Gasteiger partial charge in [-0.25, -0.2) is 22.9 Å². The Balaban J connectivity index is 1.89. The zero-order valence-electron chi connectivity index (χ0n) is 12.7. The van der Waals surface area contributed by atoms with Crippen LogP contribution in [0.4, 0.5) is 23.7 Å². The van der Waals surface area contributed by atoms with Crippen molar-refractivity contribution in [2.45, 2.75) is 13.2 Å². The molecule has 3 rings (SSSR count). The van der Waals surface area contributed by atoms with E-state index in [1.54, 1.807) is 6.07 Å². The van der Waals surface area contributed by atoms with E-state index in [4.69, 9.17) is 0 Å². The Morgan fingerprint density at radius 2 is 1.84 bits per heavy atom. The molecule has 2 aromatic rings. The van der Waals surface area contributed by atoms with Gasteiger partial charge in [0.25, 0.3) is 5.91 Å². The largest absolute Gasteiger partial charge is 0.392 e. The van der Waals surface area contributed by atoms with E-state index in [2.05, 4.69) is 4.98 Å². The molecule has 0 saturated carbocycles. The van der Waals surface area contributed by atoms with Crippen LogP contribution in [-0.2, 0) is 17.9 Å². The standard InChI is InChI=1S/C16H12F3N3O3/c17-11-1-2-12(15(19)14(11)18)22-13(24)7-21(16(22)25)6-9-3-4-20-5-10(9)8-23/h1-5,23H,6-8H2. The molecule has 0 radical (unpaired) electrons. The van der Waals surface area contributed by atoms with Gasteiger partial charge in [0.1, 0.15) is 6.54 Å². The number of aliphatic hydroxyl groups excluding tert-OH is 1. The minimum Gasteiger partial charge on any atom is -0.392 e. The number of benzene rings is 1. The van der Waals surface area contributed by atoms with E-state index in [1.807, 2.05) is 0 Å². The molecule has 130 valence electrons. The van der Waals surface area contributed by atoms with Gasteiger partial charge >= 0.3 is 6.03 Å². The molecule has 3 amide bonds. The van der Waals surface area contributed by atoms with E-state index in [9.17, 15) is 27.9 Å². The Labute approximate surface area is 140 Å². The molecule has 9 heteroatoms. The van der Waals surface area contributed by atoms with Crippen LogP contribution in [0.1, 0.15) is 11.1 Å². The molecular weight excluding hydrogens is 339 g/mol. The van der Waals surface area contributed by atoms with Gasteiger partial charge in [0.05, 0.1) is 12.3 Å². The van der Waals surface area contributed by atoms with Gasteiger partial charge in [0.15, 0.2) is 17.5 Å². The van der Waals surface area contributed by atoms with Crippen molar-refractivity contribution in [3.63, 3.8) is 0 Å². The number of aliphatic hydroxyl groups is 1. The molecular formula is C16H12F3N3O3. The third-order valence-electron chi connectivity index (χ3n) is 3.83. The third kappa shape index (κ3) is 2.93. The number of hydrogen-bond donors (Lipinski definition) is 1. The van der Waals surface area contributed by atoms with Crippen LogP contribution in [0.25, 0.3) is 0 Å². The average molecular weight is 351 g/mol. The van der Waals surface area contributed by atoms with Gasteiger partial charge in [-0.2, -0.15) is 0 Å². The van der Waals surface area contributed by atoms with Crippen LogP contribution in [0.2, 0.25) is 0 Å². The first-order chi connectivity index (χ1) is 11.9. The minimum absolute atomic E-state index is 0.0230. The van der Waals surface area contributed by atoms with Crippen LogP contribution in [0.3, 0.4) is 0 Å². The van der Waals surface area contributed by atoms with Crippen molar-refractivity contribution in [3.05, 3.63) is 59.2 Å². The summed E-state index contributed by atoms with van der Waals surface area (Å²) in [7, 11) is 0. The number of hydrogen-bond acceptors (Lipinski definition) is 4. The molecule has 1 aromatic heterocycles. The number of halogens is 3. The van der Waals surface area contributed by atoms with Gasteiger partial charge < -0.3 is 10.0 Å². The van der Waals surface area contributed by atoms with Crippen molar-refractivity contribution < 1.29 is 27.9 Å². The summed E-state index contributed by atoms with van der Waals surface area (Å²) < 4.78 is 40.4. The van der Waals surface area contributed by atoms with Gasteiger partial charge in [0, 0.05) is 24.5 Å². The van der Waals surface area contributed by atoms with Gasteiger partial charge in [-0.15, -0.1) is 0 Å². The second-order valence-electron chi connectivity index (χ2n) is 5.36. The maximum Gasteiger partial charge on any atom is 0.332 e. The summed E-state index contributed by atoms with van der Waals surface area (Å²) in [4.78, 5) is 30.0. The molecule has 0 bridgehead atoms. The maximum atomic E-state index is 13.9. The summed E-state index contributed by atoms with van der Waals surface area (Å²) >= 11 is 0. The van der Waals surface area contributed by atoms with Crippen molar-refractivity contribution in [1.82, 2.24) is 9.88 Å². The molecule has 1 fully saturated rings. The van der Waals surface area contributed by atoms with Crippen LogP contribution in [-0.4, -0.2) is 33.5 Å². The number of nitrogens with zero attached hydrogens (tertiary/aromatic N) is 3. The predicted molar refractivity (Wildman–Crippen MR) is 79.8 cm³/mol. The van der Waals surface area contributed by atoms with E-state index in [1.165, 1.54) is 12.4 Å². The SMILES string of the molecule is O=C1CN(Cc2ccncc2CO)C(=O)N1c1ccc(F)c(F)c1F. The van der Waals surface area contributed by atoms with Crippen LogP contribution < -0.4 is 4.90 Å². The highest BCUT2D eigenvalue weighted by Crippen LogP contribution is 2.28. The highest BCUT2D eigenvalue weighted by atomic mass is 19.2. The van der Waals surface area contributed by atoms with Gasteiger partial charge in [-0.3, -0.25) is 9.78 Å². The highest BCUT2D eigenvalue weighted by Gasteiger charge is 2.39. The number of amides is 3. The zero-order chi connectivity index (χ0) is 18.1. The Morgan fingerprint density at radius 3 is 2.56 bits per heavy atom. The van der Waals surface area contributed by atoms with Crippen LogP contribution in [0, 0.1) is 17.5 Å². The van der Waals surface area contributed by atoms with E-state index >= 15 is 0 Å². The van der Waals surface area contributed by atoms with Gasteiger partial charge in [0.2, 0.25) is 0 Å². The smallest absolute Gasteiger partial charge is 0.332 e. The second kappa shape index (κ2) is 6.52. The third-order valence-corrected chi connectivity index (χ3v) is 3.83. The summed E-state index contributed by atoms with van der Waals surface area (Å²) in [5, 5.41) is 9.29. The molecule has 6 nitrogen and oxygen atoms in total. The first kappa shape index (κ1) is 16.9. The first-order valence-corrected chi connectivity index (χ1v) is 7.22.